The molecule has 0 radical (unpaired) electrons. The van der Waals surface area contributed by atoms with Crippen LogP contribution in [0.15, 0.2) is 18.2 Å². The summed E-state index contributed by atoms with van der Waals surface area (Å²) in [7, 11) is -1.53. The molecule has 0 bridgehead atoms. The third kappa shape index (κ3) is 7.35. The van der Waals surface area contributed by atoms with E-state index >= 15 is 0 Å². The number of esters is 2. The minimum absolute atomic E-state index is 0.00591. The van der Waals surface area contributed by atoms with Crippen molar-refractivity contribution in [3.8, 4) is 5.75 Å². The van der Waals surface area contributed by atoms with Gasteiger partial charge in [-0.25, -0.2) is 4.79 Å². The van der Waals surface area contributed by atoms with Gasteiger partial charge in [0.15, 0.2) is 0 Å². The van der Waals surface area contributed by atoms with Crippen molar-refractivity contribution in [2.75, 3.05) is 20.0 Å². The van der Waals surface area contributed by atoms with E-state index in [4.69, 9.17) is 18.9 Å². The molecular formula is C21H25BF3NO8. The van der Waals surface area contributed by atoms with Crippen molar-refractivity contribution in [2.45, 2.75) is 50.6 Å². The van der Waals surface area contributed by atoms with E-state index in [-0.39, 0.29) is 36.5 Å². The third-order valence-electron chi connectivity index (χ3n) is 5.50. The lowest BCUT2D eigenvalue weighted by Gasteiger charge is -2.29. The molecule has 0 unspecified atom stereocenters. The molecule has 3 rings (SSSR count). The number of hydrogen-bond acceptors (Lipinski definition) is 8. The smallest absolute Gasteiger partial charge is 0.534 e. The van der Waals surface area contributed by atoms with E-state index in [1.807, 2.05) is 0 Å². The SMILES string of the molecule is O=C(CCCC(F)(F)F)N[C@H]1Cc2cccc(C(=O)OCOC(=O)C3CCOCC3)c2OB1O. The molecule has 2 heterocycles. The van der Waals surface area contributed by atoms with Gasteiger partial charge in [0.25, 0.3) is 0 Å². The Morgan fingerprint density at radius 1 is 1.18 bits per heavy atom. The van der Waals surface area contributed by atoms with Gasteiger partial charge in [-0.15, -0.1) is 0 Å². The first-order chi connectivity index (χ1) is 16.1. The second-order valence-corrected chi connectivity index (χ2v) is 8.05. The van der Waals surface area contributed by atoms with Crippen molar-refractivity contribution < 1.29 is 51.4 Å². The van der Waals surface area contributed by atoms with E-state index in [1.165, 1.54) is 6.07 Å². The summed E-state index contributed by atoms with van der Waals surface area (Å²) in [6.45, 7) is 0.340. The zero-order valence-corrected chi connectivity index (χ0v) is 18.3. The van der Waals surface area contributed by atoms with Crippen molar-refractivity contribution >= 4 is 25.0 Å². The molecule has 1 atom stereocenters. The number of alkyl halides is 3. The highest BCUT2D eigenvalue weighted by Crippen LogP contribution is 2.31. The second-order valence-electron chi connectivity index (χ2n) is 8.05. The van der Waals surface area contributed by atoms with Gasteiger partial charge in [-0.1, -0.05) is 12.1 Å². The Bertz CT molecular complexity index is 891. The summed E-state index contributed by atoms with van der Waals surface area (Å²) < 4.78 is 57.3. The largest absolute Gasteiger partial charge is 0.547 e. The number of amides is 1. The topological polar surface area (TPSA) is 120 Å². The Kier molecular flexibility index (Phi) is 8.78. The van der Waals surface area contributed by atoms with Gasteiger partial charge in [-0.3, -0.25) is 9.59 Å². The lowest BCUT2D eigenvalue weighted by atomic mass is 9.72. The predicted molar refractivity (Wildman–Crippen MR) is 111 cm³/mol. The molecule has 0 saturated carbocycles. The number of carbonyl (C=O) groups excluding carboxylic acids is 3. The summed E-state index contributed by atoms with van der Waals surface area (Å²) in [6.07, 6.45) is -5.00. The van der Waals surface area contributed by atoms with Crippen LogP contribution >= 0.6 is 0 Å². The van der Waals surface area contributed by atoms with Crippen LogP contribution in [0.25, 0.3) is 0 Å². The number of ether oxygens (including phenoxy) is 3. The summed E-state index contributed by atoms with van der Waals surface area (Å²) >= 11 is 0. The first kappa shape index (κ1) is 25.8. The first-order valence-electron chi connectivity index (χ1n) is 10.9. The van der Waals surface area contributed by atoms with Crippen molar-refractivity contribution in [1.29, 1.82) is 0 Å². The number of halogens is 3. The summed E-state index contributed by atoms with van der Waals surface area (Å²) in [4.78, 5) is 36.4. The van der Waals surface area contributed by atoms with Gasteiger partial charge < -0.3 is 29.2 Å². The molecule has 1 amide bonds. The van der Waals surface area contributed by atoms with Crippen molar-refractivity contribution in [3.63, 3.8) is 0 Å². The number of hydrogen-bond donors (Lipinski definition) is 2. The molecule has 1 saturated heterocycles. The fourth-order valence-corrected chi connectivity index (χ4v) is 3.71. The lowest BCUT2D eigenvalue weighted by molar-refractivity contribution is -0.160. The summed E-state index contributed by atoms with van der Waals surface area (Å²) in [5, 5.41) is 12.7. The molecule has 2 aliphatic heterocycles. The number of fused-ring (bicyclic) bond motifs is 1. The Balaban J connectivity index is 1.52. The molecule has 9 nitrogen and oxygen atoms in total. The van der Waals surface area contributed by atoms with Gasteiger partial charge in [-0.2, -0.15) is 13.2 Å². The number of benzene rings is 1. The van der Waals surface area contributed by atoms with Crippen molar-refractivity contribution in [1.82, 2.24) is 5.32 Å². The molecule has 34 heavy (non-hydrogen) atoms. The minimum Gasteiger partial charge on any atom is -0.534 e. The van der Waals surface area contributed by atoms with Crippen LogP contribution in [0.2, 0.25) is 0 Å². The lowest BCUT2D eigenvalue weighted by Crippen LogP contribution is -2.53. The second kappa shape index (κ2) is 11.6. The normalized spacial score (nSPS) is 18.5. The van der Waals surface area contributed by atoms with E-state index in [1.54, 1.807) is 12.1 Å². The molecular weight excluding hydrogens is 462 g/mol. The fourth-order valence-electron chi connectivity index (χ4n) is 3.71. The van der Waals surface area contributed by atoms with Crippen molar-refractivity contribution in [3.05, 3.63) is 29.3 Å². The Morgan fingerprint density at radius 2 is 1.91 bits per heavy atom. The minimum atomic E-state index is -4.35. The molecule has 1 aromatic rings. The molecule has 0 aliphatic carbocycles. The van der Waals surface area contributed by atoms with Gasteiger partial charge in [0.2, 0.25) is 12.7 Å². The average molecular weight is 487 g/mol. The maximum atomic E-state index is 12.5. The van der Waals surface area contributed by atoms with Crippen LogP contribution in [0.1, 0.15) is 48.0 Å². The van der Waals surface area contributed by atoms with E-state index < -0.39 is 50.3 Å². The van der Waals surface area contributed by atoms with E-state index in [2.05, 4.69) is 5.32 Å². The monoisotopic (exact) mass is 487 g/mol. The Hall–Kier alpha value is -2.80. The highest BCUT2D eigenvalue weighted by atomic mass is 19.4. The maximum absolute atomic E-state index is 12.5. The van der Waals surface area contributed by atoms with E-state index in [9.17, 15) is 32.6 Å². The average Bonchev–Trinajstić information content (AvgIpc) is 2.78. The van der Waals surface area contributed by atoms with Crippen LogP contribution in [-0.2, 0) is 30.2 Å². The standard InChI is InChI=1S/C21H25BF3NO8/c23-21(24,25)8-2-5-17(27)26-16-11-14-3-1-4-15(18(14)34-22(16)30)20(29)33-12-32-19(28)13-6-9-31-10-7-13/h1,3-4,13,16,30H,2,5-12H2,(H,26,27)/t16-/m0/s1. The third-order valence-corrected chi connectivity index (χ3v) is 5.50. The van der Waals surface area contributed by atoms with E-state index in [0.29, 0.717) is 31.6 Å². The number of rotatable bonds is 8. The molecule has 2 N–H and O–H groups in total. The van der Waals surface area contributed by atoms with Crippen LogP contribution in [0.3, 0.4) is 0 Å². The van der Waals surface area contributed by atoms with Gasteiger partial charge in [0.05, 0.1) is 11.9 Å². The maximum Gasteiger partial charge on any atom is 0.547 e. The summed E-state index contributed by atoms with van der Waals surface area (Å²) in [5.41, 5.74) is 0.480. The Labute approximate surface area is 194 Å². The van der Waals surface area contributed by atoms with E-state index in [0.717, 1.165) is 0 Å². The Morgan fingerprint density at radius 3 is 2.62 bits per heavy atom. The fraction of sp³-hybridized carbons (Fsp3) is 0.571. The number of carbonyl (C=O) groups is 3. The molecule has 1 fully saturated rings. The van der Waals surface area contributed by atoms with Crippen LogP contribution in [0.5, 0.6) is 5.75 Å². The molecule has 13 heteroatoms. The zero-order chi connectivity index (χ0) is 24.7. The summed E-state index contributed by atoms with van der Waals surface area (Å²) in [5.74, 6) is -3.13. The van der Waals surface area contributed by atoms with Crippen LogP contribution < -0.4 is 9.97 Å². The van der Waals surface area contributed by atoms with Gasteiger partial charge in [-0.05, 0) is 37.3 Å². The summed E-state index contributed by atoms with van der Waals surface area (Å²) in [6, 6.07) is 4.57. The first-order valence-corrected chi connectivity index (χ1v) is 10.9. The number of nitrogens with one attached hydrogen (secondary N) is 1. The molecule has 1 aromatic carbocycles. The highest BCUT2D eigenvalue weighted by molar-refractivity contribution is 6.47. The van der Waals surface area contributed by atoms with Gasteiger partial charge in [0, 0.05) is 26.1 Å². The van der Waals surface area contributed by atoms with Crippen molar-refractivity contribution in [2.24, 2.45) is 5.92 Å². The predicted octanol–water partition coefficient (Wildman–Crippen LogP) is 1.94. The molecule has 186 valence electrons. The quantitative estimate of drug-likeness (QED) is 0.325. The molecule has 0 spiro atoms. The molecule has 0 aromatic heterocycles. The molecule has 2 aliphatic rings. The van der Waals surface area contributed by atoms with Gasteiger partial charge in [0.1, 0.15) is 11.3 Å². The van der Waals surface area contributed by atoms with Gasteiger partial charge >= 0.3 is 25.2 Å². The number of para-hydroxylation sites is 1. The van der Waals surface area contributed by atoms with Crippen LogP contribution in [0.4, 0.5) is 13.2 Å². The highest BCUT2D eigenvalue weighted by Gasteiger charge is 2.38. The van der Waals surface area contributed by atoms with Crippen LogP contribution in [0, 0.1) is 5.92 Å². The zero-order valence-electron chi connectivity index (χ0n) is 18.3. The van der Waals surface area contributed by atoms with Crippen LogP contribution in [-0.4, -0.2) is 62.1 Å².